The van der Waals surface area contributed by atoms with Crippen LogP contribution in [0.5, 0.6) is 11.5 Å². The Balaban J connectivity index is 2.11. The highest BCUT2D eigenvalue weighted by atomic mass is 35.5. The molecule has 0 aliphatic heterocycles. The predicted octanol–water partition coefficient (Wildman–Crippen LogP) is 5.64. The molecule has 28 heavy (non-hydrogen) atoms. The van der Waals surface area contributed by atoms with Crippen LogP contribution in [0, 0.1) is 19.8 Å². The summed E-state index contributed by atoms with van der Waals surface area (Å²) in [5, 5.41) is 3.86. The molecule has 2 rings (SSSR count). The van der Waals surface area contributed by atoms with Crippen LogP contribution in [0.25, 0.3) is 0 Å². The van der Waals surface area contributed by atoms with E-state index in [1.54, 1.807) is 14.0 Å². The van der Waals surface area contributed by atoms with E-state index in [-0.39, 0.29) is 11.9 Å². The molecule has 152 valence electrons. The molecule has 0 saturated carbocycles. The lowest BCUT2D eigenvalue weighted by atomic mass is 9.96. The first-order chi connectivity index (χ1) is 13.2. The molecule has 1 N–H and O–H groups in total. The average molecular weight is 404 g/mol. The number of rotatable bonds is 8. The van der Waals surface area contributed by atoms with Gasteiger partial charge >= 0.3 is 0 Å². The minimum Gasteiger partial charge on any atom is -0.497 e. The topological polar surface area (TPSA) is 47.6 Å². The molecule has 2 aromatic carbocycles. The smallest absolute Gasteiger partial charge is 0.261 e. The molecule has 0 spiro atoms. The van der Waals surface area contributed by atoms with Gasteiger partial charge in [-0.15, -0.1) is 0 Å². The third-order valence-electron chi connectivity index (χ3n) is 4.63. The lowest BCUT2D eigenvalue weighted by Crippen LogP contribution is -2.39. The summed E-state index contributed by atoms with van der Waals surface area (Å²) in [4.78, 5) is 12.8. The maximum absolute atomic E-state index is 12.8. The van der Waals surface area contributed by atoms with Gasteiger partial charge in [-0.05, 0) is 74.1 Å². The molecule has 0 bridgehead atoms. The SMILES string of the molecule is COc1ccc([C@H](CC(C)C)NC(=O)[C@H](C)Oc2cc(C)c(Cl)c(C)c2)cc1. The van der Waals surface area contributed by atoms with E-state index in [1.807, 2.05) is 50.2 Å². The summed E-state index contributed by atoms with van der Waals surface area (Å²) in [7, 11) is 1.64. The van der Waals surface area contributed by atoms with Gasteiger partial charge in [-0.25, -0.2) is 0 Å². The number of methoxy groups -OCH3 is 1. The largest absolute Gasteiger partial charge is 0.497 e. The Bertz CT molecular complexity index is 779. The molecule has 1 amide bonds. The van der Waals surface area contributed by atoms with Gasteiger partial charge in [0, 0.05) is 5.02 Å². The Morgan fingerprint density at radius 1 is 1.04 bits per heavy atom. The van der Waals surface area contributed by atoms with E-state index in [0.29, 0.717) is 11.7 Å². The van der Waals surface area contributed by atoms with Gasteiger partial charge in [-0.2, -0.15) is 0 Å². The first-order valence-electron chi connectivity index (χ1n) is 9.59. The van der Waals surface area contributed by atoms with Crippen LogP contribution in [-0.4, -0.2) is 19.1 Å². The van der Waals surface area contributed by atoms with E-state index in [2.05, 4.69) is 19.2 Å². The fourth-order valence-electron chi connectivity index (χ4n) is 3.11. The Morgan fingerprint density at radius 3 is 2.11 bits per heavy atom. The van der Waals surface area contributed by atoms with Crippen molar-refractivity contribution in [3.05, 3.63) is 58.1 Å². The number of hydrogen-bond acceptors (Lipinski definition) is 3. The lowest BCUT2D eigenvalue weighted by Gasteiger charge is -2.24. The van der Waals surface area contributed by atoms with Crippen LogP contribution in [0.3, 0.4) is 0 Å². The van der Waals surface area contributed by atoms with Crippen molar-refractivity contribution in [1.29, 1.82) is 0 Å². The van der Waals surface area contributed by atoms with Crippen molar-refractivity contribution in [2.45, 2.75) is 53.2 Å². The van der Waals surface area contributed by atoms with Crippen molar-refractivity contribution in [1.82, 2.24) is 5.32 Å². The zero-order valence-electron chi connectivity index (χ0n) is 17.5. The van der Waals surface area contributed by atoms with Crippen molar-refractivity contribution >= 4 is 17.5 Å². The maximum Gasteiger partial charge on any atom is 0.261 e. The van der Waals surface area contributed by atoms with E-state index in [9.17, 15) is 4.79 Å². The molecule has 0 aromatic heterocycles. The molecule has 4 nitrogen and oxygen atoms in total. The molecule has 0 radical (unpaired) electrons. The maximum atomic E-state index is 12.8. The number of halogens is 1. The molecule has 0 saturated heterocycles. The summed E-state index contributed by atoms with van der Waals surface area (Å²) in [6, 6.07) is 11.4. The molecule has 0 aliphatic carbocycles. The molecular weight excluding hydrogens is 374 g/mol. The summed E-state index contributed by atoms with van der Waals surface area (Å²) < 4.78 is 11.1. The van der Waals surface area contributed by atoms with Gasteiger partial charge in [0.1, 0.15) is 11.5 Å². The van der Waals surface area contributed by atoms with Crippen molar-refractivity contribution in [2.24, 2.45) is 5.92 Å². The van der Waals surface area contributed by atoms with E-state index in [1.165, 1.54) is 0 Å². The Hall–Kier alpha value is -2.20. The molecule has 5 heteroatoms. The van der Waals surface area contributed by atoms with Gasteiger partial charge in [-0.3, -0.25) is 4.79 Å². The third kappa shape index (κ3) is 5.90. The second-order valence-electron chi connectivity index (χ2n) is 7.60. The highest BCUT2D eigenvalue weighted by Crippen LogP contribution is 2.27. The molecule has 0 heterocycles. The Labute approximate surface area is 173 Å². The summed E-state index contributed by atoms with van der Waals surface area (Å²) in [6.45, 7) is 9.89. The van der Waals surface area contributed by atoms with Crippen LogP contribution in [-0.2, 0) is 4.79 Å². The number of nitrogens with one attached hydrogen (secondary N) is 1. The molecule has 0 unspecified atom stereocenters. The van der Waals surface area contributed by atoms with Crippen LogP contribution in [0.1, 0.15) is 49.9 Å². The van der Waals surface area contributed by atoms with Crippen molar-refractivity contribution in [3.8, 4) is 11.5 Å². The van der Waals surface area contributed by atoms with Gasteiger partial charge in [0.15, 0.2) is 6.10 Å². The van der Waals surface area contributed by atoms with Crippen LogP contribution in [0.4, 0.5) is 0 Å². The van der Waals surface area contributed by atoms with Crippen molar-refractivity contribution in [2.75, 3.05) is 7.11 Å². The Morgan fingerprint density at radius 2 is 1.61 bits per heavy atom. The monoisotopic (exact) mass is 403 g/mol. The van der Waals surface area contributed by atoms with Crippen molar-refractivity contribution in [3.63, 3.8) is 0 Å². The summed E-state index contributed by atoms with van der Waals surface area (Å²) >= 11 is 6.21. The number of amides is 1. The standard InChI is InChI=1S/C23H30ClNO3/c1-14(2)11-21(18-7-9-19(27-6)10-8-18)25-23(26)17(5)28-20-12-15(3)22(24)16(4)13-20/h7-10,12-14,17,21H,11H2,1-6H3,(H,25,26)/t17-,21-/m0/s1. The van der Waals surface area contributed by atoms with Gasteiger partial charge in [0.25, 0.3) is 5.91 Å². The Kier molecular flexibility index (Phi) is 7.76. The number of aryl methyl sites for hydroxylation is 2. The van der Waals surface area contributed by atoms with E-state index >= 15 is 0 Å². The summed E-state index contributed by atoms with van der Waals surface area (Å²) in [5.74, 6) is 1.73. The van der Waals surface area contributed by atoms with Gasteiger partial charge in [0.2, 0.25) is 0 Å². The second kappa shape index (κ2) is 9.83. The fraction of sp³-hybridized carbons (Fsp3) is 0.435. The molecule has 2 aromatic rings. The molecule has 0 fully saturated rings. The quantitative estimate of drug-likeness (QED) is 0.620. The van der Waals surface area contributed by atoms with E-state index < -0.39 is 6.10 Å². The molecule has 0 aliphatic rings. The zero-order valence-corrected chi connectivity index (χ0v) is 18.3. The van der Waals surface area contributed by atoms with Crippen molar-refractivity contribution < 1.29 is 14.3 Å². The lowest BCUT2D eigenvalue weighted by molar-refractivity contribution is -0.128. The number of ether oxygens (including phenoxy) is 2. The minimum atomic E-state index is -0.618. The van der Waals surface area contributed by atoms with Crippen LogP contribution in [0.2, 0.25) is 5.02 Å². The number of benzene rings is 2. The zero-order chi connectivity index (χ0) is 20.8. The first kappa shape index (κ1) is 22.1. The molecule has 2 atom stereocenters. The van der Waals surface area contributed by atoms with Gasteiger partial charge in [-0.1, -0.05) is 37.6 Å². The van der Waals surface area contributed by atoms with Gasteiger partial charge < -0.3 is 14.8 Å². The average Bonchev–Trinajstić information content (AvgIpc) is 2.65. The number of carbonyl (C=O) groups is 1. The van der Waals surface area contributed by atoms with Crippen LogP contribution < -0.4 is 14.8 Å². The summed E-state index contributed by atoms with van der Waals surface area (Å²) in [6.07, 6.45) is 0.220. The number of hydrogen-bond donors (Lipinski definition) is 1. The minimum absolute atomic E-state index is 0.0850. The number of carbonyl (C=O) groups excluding carboxylic acids is 1. The summed E-state index contributed by atoms with van der Waals surface area (Å²) in [5.41, 5.74) is 2.91. The van der Waals surface area contributed by atoms with E-state index in [0.717, 1.165) is 33.9 Å². The van der Waals surface area contributed by atoms with Gasteiger partial charge in [0.05, 0.1) is 13.2 Å². The third-order valence-corrected chi connectivity index (χ3v) is 5.23. The second-order valence-corrected chi connectivity index (χ2v) is 7.97. The predicted molar refractivity (Wildman–Crippen MR) is 114 cm³/mol. The highest BCUT2D eigenvalue weighted by molar-refractivity contribution is 6.32. The normalized spacial score (nSPS) is 13.1. The fourth-order valence-corrected chi connectivity index (χ4v) is 3.22. The first-order valence-corrected chi connectivity index (χ1v) is 9.96. The van der Waals surface area contributed by atoms with Crippen LogP contribution in [0.15, 0.2) is 36.4 Å². The highest BCUT2D eigenvalue weighted by Gasteiger charge is 2.21. The van der Waals surface area contributed by atoms with Crippen LogP contribution >= 0.6 is 11.6 Å². The molecular formula is C23H30ClNO3. The van der Waals surface area contributed by atoms with E-state index in [4.69, 9.17) is 21.1 Å².